The molecule has 286 valence electrons. The van der Waals surface area contributed by atoms with Crippen LogP contribution in [-0.2, 0) is 17.8 Å². The third-order valence-corrected chi connectivity index (χ3v) is 7.60. The van der Waals surface area contributed by atoms with Crippen molar-refractivity contribution in [1.82, 2.24) is 34.8 Å². The first-order valence-electron chi connectivity index (χ1n) is 16.4. The number of rotatable bonds is 10. The fraction of sp³-hybridized carbons (Fsp3) is 0.216. The Morgan fingerprint density at radius 2 is 1.33 bits per heavy atom. The zero-order chi connectivity index (χ0) is 39.5. The normalized spacial score (nSPS) is 12.0. The molecule has 18 heteroatoms. The molecule has 0 bridgehead atoms. The number of amides is 1. The lowest BCUT2D eigenvalue weighted by molar-refractivity contribution is -0.275. The summed E-state index contributed by atoms with van der Waals surface area (Å²) < 4.78 is 95.3. The smallest absolute Gasteiger partial charge is 0.444 e. The first-order valence-corrected chi connectivity index (χ1v) is 16.4. The summed E-state index contributed by atoms with van der Waals surface area (Å²) in [6.07, 6.45) is -9.23. The third-order valence-electron chi connectivity index (χ3n) is 7.60. The molecule has 0 aliphatic heterocycles. The Bertz CT molecular complexity index is 2260. The van der Waals surface area contributed by atoms with Crippen molar-refractivity contribution in [2.24, 2.45) is 5.73 Å². The summed E-state index contributed by atoms with van der Waals surface area (Å²) in [5.74, 6) is -0.721. The Kier molecular flexibility index (Phi) is 10.5. The zero-order valence-electron chi connectivity index (χ0n) is 29.3. The Morgan fingerprint density at radius 1 is 0.745 bits per heavy atom. The van der Waals surface area contributed by atoms with Gasteiger partial charge in [-0.15, -0.1) is 36.5 Å². The molecule has 2 heterocycles. The number of nitrogens with zero attached hydrogens (tertiary/aromatic N) is 6. The lowest BCUT2D eigenvalue weighted by Crippen LogP contribution is -2.32. The molecule has 0 radical (unpaired) electrons. The van der Waals surface area contributed by atoms with Crippen molar-refractivity contribution in [2.45, 2.75) is 52.2 Å². The summed E-state index contributed by atoms with van der Waals surface area (Å²) in [5, 5.41) is 11.8. The largest absolute Gasteiger partial charge is 0.573 e. The second kappa shape index (κ2) is 15.1. The average Bonchev–Trinajstić information content (AvgIpc) is 3.78. The van der Waals surface area contributed by atoms with E-state index in [1.54, 1.807) is 57.2 Å². The summed E-state index contributed by atoms with van der Waals surface area (Å²) in [5.41, 5.74) is 8.17. The maximum absolute atomic E-state index is 13.5. The van der Waals surface area contributed by atoms with Crippen LogP contribution < -0.4 is 20.5 Å². The highest BCUT2D eigenvalue weighted by Crippen LogP contribution is 2.35. The minimum absolute atomic E-state index is 0.0258. The van der Waals surface area contributed by atoms with E-state index < -0.39 is 35.9 Å². The van der Waals surface area contributed by atoms with Gasteiger partial charge in [-0.2, -0.15) is 0 Å². The molecule has 2 aromatic heterocycles. The Balaban J connectivity index is 1.44. The first-order chi connectivity index (χ1) is 25.9. The fourth-order valence-corrected chi connectivity index (χ4v) is 5.23. The molecule has 0 saturated heterocycles. The van der Waals surface area contributed by atoms with Crippen molar-refractivity contribution in [3.63, 3.8) is 0 Å². The molecule has 0 unspecified atom stereocenters. The van der Waals surface area contributed by atoms with Gasteiger partial charge in [-0.3, -0.25) is 0 Å². The standard InChI is InChI=1S/C37H32F6N8O4/c1-35(2,3)55-34(52)45-20-23-6-10-25(11-7-23)32-47-33(51(49-32)26-12-14-27(15-13-26)53-36(38,39)40)29-18-28(54-37(41,42)43)16-17-30(29)50-21-46-31(48-50)24-8-4-22(19-44)5-9-24/h4-18,21H,19-20,44H2,1-3H3,(H,45,52). The lowest BCUT2D eigenvalue weighted by atomic mass is 10.1. The molecule has 0 spiro atoms. The van der Waals surface area contributed by atoms with E-state index in [2.05, 4.69) is 30.0 Å². The molecule has 0 atom stereocenters. The number of ether oxygens (including phenoxy) is 3. The third kappa shape index (κ3) is 9.96. The molecule has 0 aliphatic rings. The summed E-state index contributed by atoms with van der Waals surface area (Å²) >= 11 is 0. The highest BCUT2D eigenvalue weighted by Gasteiger charge is 2.33. The van der Waals surface area contributed by atoms with Gasteiger partial charge in [0.1, 0.15) is 23.4 Å². The summed E-state index contributed by atoms with van der Waals surface area (Å²) in [6.45, 7) is 5.68. The molecule has 6 rings (SSSR count). The minimum Gasteiger partial charge on any atom is -0.444 e. The maximum atomic E-state index is 13.5. The first kappa shape index (κ1) is 38.3. The second-order valence-corrected chi connectivity index (χ2v) is 12.9. The van der Waals surface area contributed by atoms with Crippen molar-refractivity contribution in [1.29, 1.82) is 0 Å². The van der Waals surface area contributed by atoms with Crippen molar-refractivity contribution < 1.29 is 45.3 Å². The van der Waals surface area contributed by atoms with Crippen LogP contribution in [0.5, 0.6) is 11.5 Å². The van der Waals surface area contributed by atoms with Crippen molar-refractivity contribution in [3.05, 3.63) is 108 Å². The van der Waals surface area contributed by atoms with Gasteiger partial charge in [0, 0.05) is 29.8 Å². The summed E-state index contributed by atoms with van der Waals surface area (Å²) in [7, 11) is 0. The van der Waals surface area contributed by atoms with E-state index in [-0.39, 0.29) is 35.1 Å². The predicted octanol–water partition coefficient (Wildman–Crippen LogP) is 8.13. The number of nitrogens with two attached hydrogens (primary N) is 1. The molecule has 0 aliphatic carbocycles. The number of alkyl halides is 6. The van der Waals surface area contributed by atoms with E-state index in [1.807, 2.05) is 12.1 Å². The second-order valence-electron chi connectivity index (χ2n) is 12.9. The fourth-order valence-electron chi connectivity index (χ4n) is 5.23. The number of carbonyl (C=O) groups is 1. The maximum Gasteiger partial charge on any atom is 0.573 e. The lowest BCUT2D eigenvalue weighted by Gasteiger charge is -2.19. The number of hydrogen-bond acceptors (Lipinski definition) is 9. The van der Waals surface area contributed by atoms with Gasteiger partial charge in [0.25, 0.3) is 0 Å². The molecule has 55 heavy (non-hydrogen) atoms. The zero-order valence-corrected chi connectivity index (χ0v) is 29.3. The number of aromatic nitrogens is 6. The molecule has 3 N–H and O–H groups in total. The van der Waals surface area contributed by atoms with Crippen molar-refractivity contribution >= 4 is 6.09 Å². The van der Waals surface area contributed by atoms with Gasteiger partial charge < -0.3 is 25.3 Å². The van der Waals surface area contributed by atoms with E-state index in [9.17, 15) is 31.1 Å². The Labute approximate surface area is 309 Å². The van der Waals surface area contributed by atoms with Crippen molar-refractivity contribution in [2.75, 3.05) is 0 Å². The molecule has 12 nitrogen and oxygen atoms in total. The van der Waals surface area contributed by atoms with Gasteiger partial charge in [-0.05, 0) is 74.4 Å². The highest BCUT2D eigenvalue weighted by molar-refractivity contribution is 5.73. The molecular weight excluding hydrogens is 734 g/mol. The van der Waals surface area contributed by atoms with Crippen LogP contribution >= 0.6 is 0 Å². The van der Waals surface area contributed by atoms with E-state index >= 15 is 0 Å². The van der Waals surface area contributed by atoms with Gasteiger partial charge >= 0.3 is 18.8 Å². The molecular formula is C37H32F6N8O4. The van der Waals surface area contributed by atoms with Crippen LogP contribution in [0.4, 0.5) is 31.1 Å². The number of alkyl carbamates (subject to hydrolysis) is 1. The molecule has 4 aromatic carbocycles. The van der Waals surface area contributed by atoms with E-state index in [1.165, 1.54) is 33.9 Å². The predicted molar refractivity (Wildman–Crippen MR) is 187 cm³/mol. The minimum atomic E-state index is -5.04. The van der Waals surface area contributed by atoms with Gasteiger partial charge in [0.05, 0.1) is 11.4 Å². The summed E-state index contributed by atoms with van der Waals surface area (Å²) in [6, 6.07) is 22.1. The van der Waals surface area contributed by atoms with Gasteiger partial charge in [0.2, 0.25) is 0 Å². The number of hydrogen-bond donors (Lipinski definition) is 2. The van der Waals surface area contributed by atoms with E-state index in [0.717, 1.165) is 29.8 Å². The number of nitrogens with one attached hydrogen (secondary N) is 1. The van der Waals surface area contributed by atoms with Crippen LogP contribution in [0.25, 0.3) is 45.5 Å². The van der Waals surface area contributed by atoms with E-state index in [0.29, 0.717) is 29.1 Å². The van der Waals surface area contributed by atoms with Gasteiger partial charge in [-0.25, -0.2) is 24.1 Å². The number of benzene rings is 4. The molecule has 0 saturated carbocycles. The quantitative estimate of drug-likeness (QED) is 0.132. The van der Waals surface area contributed by atoms with Crippen LogP contribution in [0.15, 0.2) is 97.3 Å². The highest BCUT2D eigenvalue weighted by atomic mass is 19.4. The van der Waals surface area contributed by atoms with Crippen LogP contribution in [-0.4, -0.2) is 53.9 Å². The van der Waals surface area contributed by atoms with Gasteiger partial charge in [0.15, 0.2) is 17.5 Å². The van der Waals surface area contributed by atoms with Crippen LogP contribution in [0.2, 0.25) is 0 Å². The number of carbonyl (C=O) groups excluding carboxylic acids is 1. The molecule has 0 fully saturated rings. The van der Waals surface area contributed by atoms with Crippen LogP contribution in [0.3, 0.4) is 0 Å². The average molecular weight is 767 g/mol. The molecule has 1 amide bonds. The Hall–Kier alpha value is -6.43. The van der Waals surface area contributed by atoms with Crippen molar-refractivity contribution in [3.8, 4) is 57.0 Å². The topological polar surface area (TPSA) is 144 Å². The number of halogens is 6. The van der Waals surface area contributed by atoms with E-state index in [4.69, 9.17) is 15.5 Å². The van der Waals surface area contributed by atoms with Crippen LogP contribution in [0.1, 0.15) is 31.9 Å². The SMILES string of the molecule is CC(C)(C)OC(=O)NCc1ccc(-c2nc(-c3cc(OC(F)(F)F)ccc3-n3cnc(-c4ccc(CN)cc4)n3)n(-c3ccc(OC(F)(F)F)cc3)n2)cc1. The monoisotopic (exact) mass is 766 g/mol. The Morgan fingerprint density at radius 3 is 1.93 bits per heavy atom. The summed E-state index contributed by atoms with van der Waals surface area (Å²) in [4.78, 5) is 21.2. The molecule has 6 aromatic rings. The van der Waals surface area contributed by atoms with Crippen LogP contribution in [0, 0.1) is 0 Å². The van der Waals surface area contributed by atoms with Gasteiger partial charge in [-0.1, -0.05) is 48.5 Å².